The molecule has 0 radical (unpaired) electrons. The van der Waals surface area contributed by atoms with Crippen LogP contribution in [0.1, 0.15) is 12.0 Å². The minimum atomic E-state index is -3.02. The SMILES string of the molecule is O=C(NC1CCS(=O)(=O)C1)NC1(c2ccc(Cl)cc2)COC1. The Hall–Kier alpha value is -1.31. The van der Waals surface area contributed by atoms with E-state index in [0.29, 0.717) is 24.7 Å². The highest BCUT2D eigenvalue weighted by molar-refractivity contribution is 7.91. The summed E-state index contributed by atoms with van der Waals surface area (Å²) in [6.45, 7) is 0.760. The third-order valence-electron chi connectivity index (χ3n) is 4.01. The summed E-state index contributed by atoms with van der Waals surface area (Å²) in [5, 5.41) is 6.26. The second kappa shape index (κ2) is 5.72. The molecule has 2 aliphatic rings. The molecule has 0 bridgehead atoms. The van der Waals surface area contributed by atoms with Crippen molar-refractivity contribution in [2.45, 2.75) is 18.0 Å². The molecular weight excluding hydrogens is 328 g/mol. The third-order valence-corrected chi connectivity index (χ3v) is 6.03. The molecule has 1 aromatic carbocycles. The average Bonchev–Trinajstić information content (AvgIpc) is 2.74. The van der Waals surface area contributed by atoms with Gasteiger partial charge in [0, 0.05) is 11.1 Å². The standard InChI is InChI=1S/C14H17ClN2O4S/c15-11-3-1-10(2-4-11)14(8-21-9-14)17-13(18)16-12-5-6-22(19,20)7-12/h1-4,12H,5-9H2,(H2,16,17,18). The first-order valence-corrected chi connectivity index (χ1v) is 9.21. The lowest BCUT2D eigenvalue weighted by Gasteiger charge is -2.42. The zero-order valence-electron chi connectivity index (χ0n) is 11.8. The van der Waals surface area contributed by atoms with Crippen molar-refractivity contribution in [1.29, 1.82) is 0 Å². The van der Waals surface area contributed by atoms with Gasteiger partial charge in [-0.2, -0.15) is 0 Å². The molecule has 120 valence electrons. The van der Waals surface area contributed by atoms with Gasteiger partial charge in [0.25, 0.3) is 0 Å². The normalized spacial score (nSPS) is 25.2. The van der Waals surface area contributed by atoms with Crippen LogP contribution in [0.3, 0.4) is 0 Å². The van der Waals surface area contributed by atoms with Crippen molar-refractivity contribution in [1.82, 2.24) is 10.6 Å². The zero-order chi connectivity index (χ0) is 15.8. The summed E-state index contributed by atoms with van der Waals surface area (Å²) < 4.78 is 28.1. The van der Waals surface area contributed by atoms with Crippen molar-refractivity contribution in [2.75, 3.05) is 24.7 Å². The fraction of sp³-hybridized carbons (Fsp3) is 0.500. The first-order valence-electron chi connectivity index (χ1n) is 7.01. The van der Waals surface area contributed by atoms with Crippen LogP contribution in [0.4, 0.5) is 4.79 Å². The van der Waals surface area contributed by atoms with Crippen molar-refractivity contribution in [3.05, 3.63) is 34.9 Å². The van der Waals surface area contributed by atoms with Gasteiger partial charge in [-0.15, -0.1) is 0 Å². The van der Waals surface area contributed by atoms with Crippen molar-refractivity contribution < 1.29 is 17.9 Å². The molecule has 2 saturated heterocycles. The predicted octanol–water partition coefficient (Wildman–Crippen LogP) is 1.05. The molecule has 2 heterocycles. The van der Waals surface area contributed by atoms with E-state index in [0.717, 1.165) is 5.56 Å². The molecule has 2 aliphatic heterocycles. The van der Waals surface area contributed by atoms with E-state index in [4.69, 9.17) is 16.3 Å². The summed E-state index contributed by atoms with van der Waals surface area (Å²) in [6, 6.07) is 6.53. The Morgan fingerprint density at radius 2 is 1.95 bits per heavy atom. The molecule has 1 unspecified atom stereocenters. The molecule has 2 fully saturated rings. The molecule has 0 spiro atoms. The molecule has 8 heteroatoms. The topological polar surface area (TPSA) is 84.5 Å². The van der Waals surface area contributed by atoms with Gasteiger partial charge in [0.2, 0.25) is 0 Å². The number of sulfone groups is 1. The number of rotatable bonds is 3. The van der Waals surface area contributed by atoms with Crippen LogP contribution in [-0.2, 0) is 20.1 Å². The van der Waals surface area contributed by atoms with Crippen LogP contribution in [0.25, 0.3) is 0 Å². The van der Waals surface area contributed by atoms with Gasteiger partial charge in [0.05, 0.1) is 24.7 Å². The smallest absolute Gasteiger partial charge is 0.315 e. The maximum atomic E-state index is 12.2. The lowest BCUT2D eigenvalue weighted by atomic mass is 9.88. The summed E-state index contributed by atoms with van der Waals surface area (Å²) in [4.78, 5) is 12.2. The molecule has 1 aromatic rings. The van der Waals surface area contributed by atoms with Crippen LogP contribution < -0.4 is 10.6 Å². The number of nitrogens with one attached hydrogen (secondary N) is 2. The van der Waals surface area contributed by atoms with E-state index in [2.05, 4.69) is 10.6 Å². The van der Waals surface area contributed by atoms with Crippen LogP contribution >= 0.6 is 11.6 Å². The van der Waals surface area contributed by atoms with E-state index >= 15 is 0 Å². The van der Waals surface area contributed by atoms with Crippen molar-refractivity contribution >= 4 is 27.5 Å². The number of carbonyl (C=O) groups is 1. The minimum Gasteiger partial charge on any atom is -0.376 e. The summed E-state index contributed by atoms with van der Waals surface area (Å²) >= 11 is 5.88. The van der Waals surface area contributed by atoms with Crippen LogP contribution in [-0.4, -0.2) is 45.2 Å². The van der Waals surface area contributed by atoms with Gasteiger partial charge in [-0.25, -0.2) is 13.2 Å². The number of hydrogen-bond acceptors (Lipinski definition) is 4. The quantitative estimate of drug-likeness (QED) is 0.858. The van der Waals surface area contributed by atoms with Gasteiger partial charge in [-0.3, -0.25) is 0 Å². The van der Waals surface area contributed by atoms with E-state index in [9.17, 15) is 13.2 Å². The van der Waals surface area contributed by atoms with Crippen LogP contribution in [0.5, 0.6) is 0 Å². The average molecular weight is 345 g/mol. The maximum Gasteiger partial charge on any atom is 0.315 e. The molecule has 0 aliphatic carbocycles. The van der Waals surface area contributed by atoms with E-state index in [1.165, 1.54) is 0 Å². The second-order valence-electron chi connectivity index (χ2n) is 5.78. The summed E-state index contributed by atoms with van der Waals surface area (Å²) in [5.74, 6) is 0.133. The third kappa shape index (κ3) is 3.21. The molecule has 2 amide bonds. The highest BCUT2D eigenvalue weighted by atomic mass is 35.5. The minimum absolute atomic E-state index is 0.00483. The number of urea groups is 1. The summed E-state index contributed by atoms with van der Waals surface area (Å²) in [7, 11) is -3.02. The molecule has 0 saturated carbocycles. The van der Waals surface area contributed by atoms with E-state index < -0.39 is 15.4 Å². The predicted molar refractivity (Wildman–Crippen MR) is 82.7 cm³/mol. The maximum absolute atomic E-state index is 12.2. The molecule has 1 atom stereocenters. The highest BCUT2D eigenvalue weighted by Gasteiger charge is 2.42. The van der Waals surface area contributed by atoms with Gasteiger partial charge in [-0.1, -0.05) is 23.7 Å². The number of benzene rings is 1. The Labute approximate surface area is 134 Å². The Balaban J connectivity index is 1.65. The zero-order valence-corrected chi connectivity index (χ0v) is 13.4. The number of carbonyl (C=O) groups excluding carboxylic acids is 1. The fourth-order valence-corrected chi connectivity index (χ4v) is 4.53. The van der Waals surface area contributed by atoms with Gasteiger partial charge in [0.1, 0.15) is 5.54 Å². The van der Waals surface area contributed by atoms with Crippen molar-refractivity contribution in [3.63, 3.8) is 0 Å². The van der Waals surface area contributed by atoms with Gasteiger partial charge in [-0.05, 0) is 24.1 Å². The number of amides is 2. The lowest BCUT2D eigenvalue weighted by Crippen LogP contribution is -2.62. The number of ether oxygens (including phenoxy) is 1. The molecule has 6 nitrogen and oxygen atoms in total. The second-order valence-corrected chi connectivity index (χ2v) is 8.45. The number of halogens is 1. The Morgan fingerprint density at radius 3 is 2.45 bits per heavy atom. The van der Waals surface area contributed by atoms with Gasteiger partial charge >= 0.3 is 6.03 Å². The first kappa shape index (κ1) is 15.6. The molecule has 0 aromatic heterocycles. The summed E-state index contributed by atoms with van der Waals surface area (Å²) in [5.41, 5.74) is 0.337. The molecule has 22 heavy (non-hydrogen) atoms. The molecule has 2 N–H and O–H groups in total. The van der Waals surface area contributed by atoms with Gasteiger partial charge < -0.3 is 15.4 Å². The highest BCUT2D eigenvalue weighted by Crippen LogP contribution is 2.30. The van der Waals surface area contributed by atoms with Crippen molar-refractivity contribution in [3.8, 4) is 0 Å². The molecule has 3 rings (SSSR count). The van der Waals surface area contributed by atoms with Crippen molar-refractivity contribution in [2.24, 2.45) is 0 Å². The van der Waals surface area contributed by atoms with Crippen LogP contribution in [0.15, 0.2) is 24.3 Å². The van der Waals surface area contributed by atoms with E-state index in [-0.39, 0.29) is 23.6 Å². The lowest BCUT2D eigenvalue weighted by molar-refractivity contribution is -0.0717. The summed E-state index contributed by atoms with van der Waals surface area (Å²) in [6.07, 6.45) is 0.459. The first-order chi connectivity index (χ1) is 10.4. The van der Waals surface area contributed by atoms with Crippen LogP contribution in [0.2, 0.25) is 5.02 Å². The fourth-order valence-electron chi connectivity index (χ4n) is 2.73. The molecular formula is C14H17ClN2O4S. The number of hydrogen-bond donors (Lipinski definition) is 2. The van der Waals surface area contributed by atoms with E-state index in [1.54, 1.807) is 12.1 Å². The van der Waals surface area contributed by atoms with Gasteiger partial charge in [0.15, 0.2) is 9.84 Å². The Kier molecular flexibility index (Phi) is 4.05. The monoisotopic (exact) mass is 344 g/mol. The van der Waals surface area contributed by atoms with Crippen LogP contribution in [0, 0.1) is 0 Å². The van der Waals surface area contributed by atoms with E-state index in [1.807, 2.05) is 12.1 Å². The largest absolute Gasteiger partial charge is 0.376 e. The Morgan fingerprint density at radius 1 is 1.27 bits per heavy atom. The Bertz CT molecular complexity index is 671.